The lowest BCUT2D eigenvalue weighted by atomic mass is 9.86. The Kier molecular flexibility index (Phi) is 3.17. The maximum Gasteiger partial charge on any atom is 0.0293 e. The van der Waals surface area contributed by atoms with Crippen molar-refractivity contribution in [1.29, 1.82) is 0 Å². The maximum atomic E-state index is 5.66. The summed E-state index contributed by atoms with van der Waals surface area (Å²) in [6, 6.07) is 10.0. The average Bonchev–Trinajstić information content (AvgIpc) is 2.18. The van der Waals surface area contributed by atoms with Crippen molar-refractivity contribution in [1.82, 2.24) is 0 Å². The Bertz CT molecular complexity index is 290. The van der Waals surface area contributed by atoms with Crippen LogP contribution in [0.25, 0.3) is 0 Å². The van der Waals surface area contributed by atoms with Gasteiger partial charge < -0.3 is 5.73 Å². The van der Waals surface area contributed by atoms with Gasteiger partial charge in [-0.3, -0.25) is 0 Å². The van der Waals surface area contributed by atoms with E-state index in [1.54, 1.807) is 0 Å². The minimum atomic E-state index is -0.0866. The molecule has 0 aliphatic carbocycles. The summed E-state index contributed by atoms with van der Waals surface area (Å²) in [7, 11) is 0. The highest BCUT2D eigenvalue weighted by Gasteiger charge is 2.22. The summed E-state index contributed by atoms with van der Waals surface area (Å²) in [5.74, 6) is 0. The third kappa shape index (κ3) is 2.36. The lowest BCUT2D eigenvalue weighted by Crippen LogP contribution is -2.31. The summed E-state index contributed by atoms with van der Waals surface area (Å²) < 4.78 is 0. The molecule has 0 saturated heterocycles. The van der Waals surface area contributed by atoms with Crippen molar-refractivity contribution in [2.75, 3.05) is 6.54 Å². The molecule has 0 atom stereocenters. The second-order valence-corrected chi connectivity index (χ2v) is 4.19. The first-order chi connectivity index (χ1) is 6.08. The minimum absolute atomic E-state index is 0.0866. The molecule has 1 aromatic rings. The highest BCUT2D eigenvalue weighted by Crippen LogP contribution is 2.21. The number of thiocarbonyl (C=S) groups is 1. The van der Waals surface area contributed by atoms with Gasteiger partial charge in [-0.2, -0.15) is 0 Å². The van der Waals surface area contributed by atoms with Gasteiger partial charge in [0.2, 0.25) is 0 Å². The third-order valence-corrected chi connectivity index (χ3v) is 2.95. The van der Waals surface area contributed by atoms with Gasteiger partial charge in [-0.25, -0.2) is 0 Å². The van der Waals surface area contributed by atoms with Crippen LogP contribution in [0, 0.1) is 5.41 Å². The molecule has 2 heteroatoms. The molecule has 1 rings (SSSR count). The van der Waals surface area contributed by atoms with Crippen molar-refractivity contribution in [3.63, 3.8) is 0 Å². The van der Waals surface area contributed by atoms with E-state index in [9.17, 15) is 0 Å². The zero-order valence-corrected chi connectivity index (χ0v) is 8.90. The first kappa shape index (κ1) is 10.4. The molecule has 13 heavy (non-hydrogen) atoms. The van der Waals surface area contributed by atoms with Crippen molar-refractivity contribution in [3.8, 4) is 0 Å². The zero-order valence-electron chi connectivity index (χ0n) is 8.08. The molecule has 0 spiro atoms. The molecule has 0 heterocycles. The molecule has 0 aromatic heterocycles. The van der Waals surface area contributed by atoms with Crippen LogP contribution < -0.4 is 5.73 Å². The van der Waals surface area contributed by atoms with E-state index < -0.39 is 0 Å². The summed E-state index contributed by atoms with van der Waals surface area (Å²) in [6.45, 7) is 4.73. The SMILES string of the molecule is CC(C)(CN)C(=S)c1ccccc1. The first-order valence-electron chi connectivity index (χ1n) is 4.38. The molecule has 2 N–H and O–H groups in total. The van der Waals surface area contributed by atoms with Crippen LogP contribution in [-0.4, -0.2) is 11.4 Å². The van der Waals surface area contributed by atoms with E-state index in [-0.39, 0.29) is 5.41 Å². The molecule has 0 bridgehead atoms. The van der Waals surface area contributed by atoms with Gasteiger partial charge in [0.25, 0.3) is 0 Å². The van der Waals surface area contributed by atoms with E-state index in [4.69, 9.17) is 18.0 Å². The fourth-order valence-electron chi connectivity index (χ4n) is 1.07. The van der Waals surface area contributed by atoms with Gasteiger partial charge in [0.05, 0.1) is 0 Å². The van der Waals surface area contributed by atoms with Crippen molar-refractivity contribution < 1.29 is 0 Å². The van der Waals surface area contributed by atoms with Crippen LogP contribution in [0.3, 0.4) is 0 Å². The van der Waals surface area contributed by atoms with Gasteiger partial charge in [0, 0.05) is 16.8 Å². The predicted octanol–water partition coefficient (Wildman–Crippen LogP) is 2.39. The van der Waals surface area contributed by atoms with Gasteiger partial charge in [0.15, 0.2) is 0 Å². The van der Waals surface area contributed by atoms with Gasteiger partial charge >= 0.3 is 0 Å². The topological polar surface area (TPSA) is 26.0 Å². The van der Waals surface area contributed by atoms with E-state index in [1.807, 2.05) is 30.3 Å². The summed E-state index contributed by atoms with van der Waals surface area (Å²) in [4.78, 5) is 0.940. The summed E-state index contributed by atoms with van der Waals surface area (Å²) in [6.07, 6.45) is 0. The second kappa shape index (κ2) is 3.99. The number of benzene rings is 1. The van der Waals surface area contributed by atoms with Crippen LogP contribution in [0.2, 0.25) is 0 Å². The standard InChI is InChI=1S/C11H15NS/c1-11(2,8-12)10(13)9-6-4-3-5-7-9/h3-7H,8,12H2,1-2H3. The summed E-state index contributed by atoms with van der Waals surface area (Å²) >= 11 is 5.38. The van der Waals surface area contributed by atoms with Crippen LogP contribution >= 0.6 is 12.2 Å². The first-order valence-corrected chi connectivity index (χ1v) is 4.78. The Hall–Kier alpha value is -0.730. The van der Waals surface area contributed by atoms with E-state index in [0.717, 1.165) is 10.4 Å². The molecule has 0 saturated carbocycles. The van der Waals surface area contributed by atoms with Crippen molar-refractivity contribution in [3.05, 3.63) is 35.9 Å². The van der Waals surface area contributed by atoms with E-state index in [2.05, 4.69) is 13.8 Å². The quantitative estimate of drug-likeness (QED) is 0.589. The Balaban J connectivity index is 2.93. The highest BCUT2D eigenvalue weighted by atomic mass is 32.1. The molecule has 0 fully saturated rings. The van der Waals surface area contributed by atoms with Crippen molar-refractivity contribution >= 4 is 17.1 Å². The smallest absolute Gasteiger partial charge is 0.0293 e. The summed E-state index contributed by atoms with van der Waals surface area (Å²) in [5.41, 5.74) is 6.68. The Labute approximate surface area is 85.0 Å². The van der Waals surface area contributed by atoms with Gasteiger partial charge in [-0.15, -0.1) is 0 Å². The monoisotopic (exact) mass is 193 g/mol. The Morgan fingerprint density at radius 1 is 1.31 bits per heavy atom. The van der Waals surface area contributed by atoms with Gasteiger partial charge in [0.1, 0.15) is 0 Å². The highest BCUT2D eigenvalue weighted by molar-refractivity contribution is 7.81. The molecule has 0 aliphatic rings. The molecule has 70 valence electrons. The van der Waals surface area contributed by atoms with E-state index in [0.29, 0.717) is 6.54 Å². The Morgan fingerprint density at radius 2 is 1.85 bits per heavy atom. The van der Waals surface area contributed by atoms with Crippen LogP contribution in [0.5, 0.6) is 0 Å². The third-order valence-electron chi connectivity index (χ3n) is 2.16. The van der Waals surface area contributed by atoms with E-state index in [1.165, 1.54) is 0 Å². The molecule has 0 amide bonds. The lowest BCUT2D eigenvalue weighted by molar-refractivity contribution is 0.546. The molecule has 0 unspecified atom stereocenters. The zero-order chi connectivity index (χ0) is 9.90. The van der Waals surface area contributed by atoms with E-state index >= 15 is 0 Å². The van der Waals surface area contributed by atoms with Crippen LogP contribution in [0.4, 0.5) is 0 Å². The second-order valence-electron chi connectivity index (χ2n) is 3.78. The molecule has 1 nitrogen and oxygen atoms in total. The van der Waals surface area contributed by atoms with Crippen LogP contribution in [0.15, 0.2) is 30.3 Å². The average molecular weight is 193 g/mol. The Morgan fingerprint density at radius 3 is 2.31 bits per heavy atom. The predicted molar refractivity (Wildman–Crippen MR) is 61.0 cm³/mol. The maximum absolute atomic E-state index is 5.66. The number of hydrogen-bond donors (Lipinski definition) is 1. The summed E-state index contributed by atoms with van der Waals surface area (Å²) in [5, 5.41) is 0. The fraction of sp³-hybridized carbons (Fsp3) is 0.364. The molecular weight excluding hydrogens is 178 g/mol. The van der Waals surface area contributed by atoms with Crippen molar-refractivity contribution in [2.24, 2.45) is 11.1 Å². The fourth-order valence-corrected chi connectivity index (χ4v) is 1.29. The van der Waals surface area contributed by atoms with Crippen LogP contribution in [-0.2, 0) is 0 Å². The van der Waals surface area contributed by atoms with Crippen LogP contribution in [0.1, 0.15) is 19.4 Å². The minimum Gasteiger partial charge on any atom is -0.330 e. The molecular formula is C11H15NS. The number of nitrogens with two attached hydrogens (primary N) is 1. The molecule has 1 aromatic carbocycles. The largest absolute Gasteiger partial charge is 0.330 e. The normalized spacial score (nSPS) is 11.3. The van der Waals surface area contributed by atoms with Gasteiger partial charge in [-0.05, 0) is 5.56 Å². The number of hydrogen-bond acceptors (Lipinski definition) is 2. The molecule has 0 radical (unpaired) electrons. The van der Waals surface area contributed by atoms with Gasteiger partial charge in [-0.1, -0.05) is 56.4 Å². The van der Waals surface area contributed by atoms with Crippen molar-refractivity contribution in [2.45, 2.75) is 13.8 Å². The molecule has 0 aliphatic heterocycles. The number of rotatable bonds is 3. The lowest BCUT2D eigenvalue weighted by Gasteiger charge is -2.23.